The van der Waals surface area contributed by atoms with E-state index in [9.17, 15) is 9.59 Å². The van der Waals surface area contributed by atoms with Crippen LogP contribution >= 0.6 is 11.6 Å². The summed E-state index contributed by atoms with van der Waals surface area (Å²) in [4.78, 5) is 24.8. The number of halogens is 1. The van der Waals surface area contributed by atoms with Gasteiger partial charge in [-0.3, -0.25) is 4.79 Å². The summed E-state index contributed by atoms with van der Waals surface area (Å²) in [5.41, 5.74) is 3.23. The van der Waals surface area contributed by atoms with E-state index in [0.29, 0.717) is 33.0 Å². The number of para-hydroxylation sites is 1. The number of nitrogens with one attached hydrogen (secondary N) is 1. The van der Waals surface area contributed by atoms with Gasteiger partial charge in [0.1, 0.15) is 5.58 Å². The molecule has 1 heterocycles. The van der Waals surface area contributed by atoms with Gasteiger partial charge >= 0.3 is 5.63 Å². The first-order chi connectivity index (χ1) is 13.5. The largest absolute Gasteiger partial charge is 0.422 e. The molecule has 3 aromatic carbocycles. The minimum absolute atomic E-state index is 0.248. The monoisotopic (exact) mass is 389 g/mol. The van der Waals surface area contributed by atoms with E-state index in [0.717, 1.165) is 10.9 Å². The SMILES string of the molecule is Cc1c(Cl)cccc1NC(=O)c1ccc(-c2cc3ccccc3oc2=O)cc1. The van der Waals surface area contributed by atoms with Crippen LogP contribution in [-0.4, -0.2) is 5.91 Å². The van der Waals surface area contributed by atoms with E-state index in [1.165, 1.54) is 0 Å². The van der Waals surface area contributed by atoms with E-state index in [-0.39, 0.29) is 5.91 Å². The van der Waals surface area contributed by atoms with Crippen molar-refractivity contribution in [3.05, 3.63) is 99.4 Å². The molecular formula is C23H16ClNO3. The molecular weight excluding hydrogens is 374 g/mol. The fourth-order valence-corrected chi connectivity index (χ4v) is 3.18. The highest BCUT2D eigenvalue weighted by molar-refractivity contribution is 6.31. The lowest BCUT2D eigenvalue weighted by molar-refractivity contribution is 0.102. The van der Waals surface area contributed by atoms with Crippen molar-refractivity contribution in [2.75, 3.05) is 5.32 Å². The third-order valence-corrected chi connectivity index (χ3v) is 5.02. The van der Waals surface area contributed by atoms with Gasteiger partial charge in [-0.1, -0.05) is 48.0 Å². The first-order valence-corrected chi connectivity index (χ1v) is 9.10. The number of rotatable bonds is 3. The normalized spacial score (nSPS) is 10.8. The average molecular weight is 390 g/mol. The lowest BCUT2D eigenvalue weighted by Crippen LogP contribution is -2.12. The Morgan fingerprint density at radius 1 is 0.964 bits per heavy atom. The molecule has 0 atom stereocenters. The fourth-order valence-electron chi connectivity index (χ4n) is 3.00. The zero-order valence-corrected chi connectivity index (χ0v) is 15.8. The maximum atomic E-state index is 12.5. The minimum atomic E-state index is -0.412. The van der Waals surface area contributed by atoms with Crippen LogP contribution in [0.2, 0.25) is 5.02 Å². The number of carbonyl (C=O) groups excluding carboxylic acids is 1. The lowest BCUT2D eigenvalue weighted by Gasteiger charge is -2.10. The van der Waals surface area contributed by atoms with E-state index in [4.69, 9.17) is 16.0 Å². The van der Waals surface area contributed by atoms with Crippen molar-refractivity contribution in [3.63, 3.8) is 0 Å². The molecule has 138 valence electrons. The molecule has 0 unspecified atom stereocenters. The van der Waals surface area contributed by atoms with Crippen LogP contribution in [0.3, 0.4) is 0 Å². The highest BCUT2D eigenvalue weighted by Crippen LogP contribution is 2.24. The summed E-state index contributed by atoms with van der Waals surface area (Å²) in [6.45, 7) is 1.85. The molecule has 4 aromatic rings. The van der Waals surface area contributed by atoms with Crippen LogP contribution in [0.4, 0.5) is 5.69 Å². The van der Waals surface area contributed by atoms with Crippen molar-refractivity contribution >= 4 is 34.2 Å². The molecule has 0 aliphatic heterocycles. The van der Waals surface area contributed by atoms with Gasteiger partial charge in [0.2, 0.25) is 0 Å². The molecule has 28 heavy (non-hydrogen) atoms. The van der Waals surface area contributed by atoms with Gasteiger partial charge in [-0.15, -0.1) is 0 Å². The Hall–Kier alpha value is -3.37. The summed E-state index contributed by atoms with van der Waals surface area (Å²) >= 11 is 6.10. The summed E-state index contributed by atoms with van der Waals surface area (Å²) in [6, 6.07) is 21.3. The predicted octanol–water partition coefficient (Wildman–Crippen LogP) is 5.67. The molecule has 0 saturated heterocycles. The van der Waals surface area contributed by atoms with E-state index in [2.05, 4.69) is 5.32 Å². The number of fused-ring (bicyclic) bond motifs is 1. The lowest BCUT2D eigenvalue weighted by atomic mass is 10.0. The molecule has 0 radical (unpaired) electrons. The molecule has 1 N–H and O–H groups in total. The Bertz CT molecular complexity index is 1240. The molecule has 1 aromatic heterocycles. The molecule has 1 amide bonds. The maximum absolute atomic E-state index is 12.5. The fraction of sp³-hybridized carbons (Fsp3) is 0.0435. The summed E-state index contributed by atoms with van der Waals surface area (Å²) in [5.74, 6) is -0.248. The zero-order chi connectivity index (χ0) is 19.7. The third-order valence-electron chi connectivity index (χ3n) is 4.62. The van der Waals surface area contributed by atoms with E-state index >= 15 is 0 Å². The van der Waals surface area contributed by atoms with Crippen LogP contribution in [0, 0.1) is 6.92 Å². The van der Waals surface area contributed by atoms with E-state index in [1.807, 2.05) is 25.1 Å². The second kappa shape index (κ2) is 7.33. The smallest absolute Gasteiger partial charge is 0.344 e. The molecule has 5 heteroatoms. The van der Waals surface area contributed by atoms with Crippen LogP contribution in [0.1, 0.15) is 15.9 Å². The summed E-state index contributed by atoms with van der Waals surface area (Å²) in [5, 5.41) is 4.30. The quantitative estimate of drug-likeness (QED) is 0.459. The second-order valence-corrected chi connectivity index (χ2v) is 6.84. The number of hydrogen-bond donors (Lipinski definition) is 1. The molecule has 0 aliphatic carbocycles. The average Bonchev–Trinajstić information content (AvgIpc) is 2.71. The maximum Gasteiger partial charge on any atom is 0.344 e. The van der Waals surface area contributed by atoms with E-state index in [1.54, 1.807) is 54.6 Å². The summed E-state index contributed by atoms with van der Waals surface area (Å²) in [7, 11) is 0. The van der Waals surface area contributed by atoms with Gasteiger partial charge in [0, 0.05) is 21.7 Å². The van der Waals surface area contributed by atoms with Crippen molar-refractivity contribution in [2.24, 2.45) is 0 Å². The Morgan fingerprint density at radius 3 is 2.50 bits per heavy atom. The van der Waals surface area contributed by atoms with Gasteiger partial charge in [-0.05, 0) is 54.4 Å². The number of benzene rings is 3. The van der Waals surface area contributed by atoms with Gasteiger partial charge in [0.25, 0.3) is 5.91 Å². The Labute approximate surface area is 166 Å². The van der Waals surface area contributed by atoms with Gasteiger partial charge in [-0.2, -0.15) is 0 Å². The first kappa shape index (κ1) is 18.0. The van der Waals surface area contributed by atoms with Crippen LogP contribution in [0.5, 0.6) is 0 Å². The van der Waals surface area contributed by atoms with Crippen LogP contribution in [0.25, 0.3) is 22.1 Å². The second-order valence-electron chi connectivity index (χ2n) is 6.43. The van der Waals surface area contributed by atoms with Crippen molar-refractivity contribution < 1.29 is 9.21 Å². The van der Waals surface area contributed by atoms with E-state index < -0.39 is 5.63 Å². The minimum Gasteiger partial charge on any atom is -0.422 e. The molecule has 0 bridgehead atoms. The van der Waals surface area contributed by atoms with Crippen molar-refractivity contribution in [1.29, 1.82) is 0 Å². The van der Waals surface area contributed by atoms with Gasteiger partial charge in [0.15, 0.2) is 0 Å². The van der Waals surface area contributed by atoms with Gasteiger partial charge in [-0.25, -0.2) is 4.79 Å². The Balaban J connectivity index is 1.62. The number of hydrogen-bond acceptors (Lipinski definition) is 3. The third kappa shape index (κ3) is 3.42. The van der Waals surface area contributed by atoms with Crippen molar-refractivity contribution in [3.8, 4) is 11.1 Å². The van der Waals surface area contributed by atoms with Crippen LogP contribution < -0.4 is 10.9 Å². The van der Waals surface area contributed by atoms with Crippen LogP contribution in [0.15, 0.2) is 82.0 Å². The Morgan fingerprint density at radius 2 is 1.71 bits per heavy atom. The summed E-state index contributed by atoms with van der Waals surface area (Å²) in [6.07, 6.45) is 0. The molecule has 0 aliphatic rings. The Kier molecular flexibility index (Phi) is 4.72. The van der Waals surface area contributed by atoms with Crippen molar-refractivity contribution in [1.82, 2.24) is 0 Å². The molecule has 4 rings (SSSR count). The molecule has 0 spiro atoms. The number of carbonyl (C=O) groups is 1. The highest BCUT2D eigenvalue weighted by atomic mass is 35.5. The predicted molar refractivity (Wildman–Crippen MR) is 112 cm³/mol. The van der Waals surface area contributed by atoms with Gasteiger partial charge < -0.3 is 9.73 Å². The van der Waals surface area contributed by atoms with Gasteiger partial charge in [0.05, 0.1) is 5.56 Å². The van der Waals surface area contributed by atoms with Crippen LogP contribution in [-0.2, 0) is 0 Å². The molecule has 4 nitrogen and oxygen atoms in total. The van der Waals surface area contributed by atoms with Crippen molar-refractivity contribution in [2.45, 2.75) is 6.92 Å². The first-order valence-electron chi connectivity index (χ1n) is 8.73. The summed E-state index contributed by atoms with van der Waals surface area (Å²) < 4.78 is 5.38. The number of anilines is 1. The molecule has 0 saturated carbocycles. The standard InChI is InChI=1S/C23H16ClNO3/c1-14-19(24)6-4-7-20(14)25-22(26)16-11-9-15(10-12-16)18-13-17-5-2-3-8-21(17)28-23(18)27/h2-13H,1H3,(H,25,26). The zero-order valence-electron chi connectivity index (χ0n) is 15.0. The highest BCUT2D eigenvalue weighted by Gasteiger charge is 2.11. The topological polar surface area (TPSA) is 59.3 Å². The molecule has 0 fully saturated rings. The number of amides is 1.